The third kappa shape index (κ3) is 3.60. The molecule has 3 nitrogen and oxygen atoms in total. The normalized spacial score (nSPS) is 8.23. The molecule has 0 heterocycles. The van der Waals surface area contributed by atoms with E-state index in [1.165, 1.54) is 0 Å². The van der Waals surface area contributed by atoms with Crippen LogP contribution in [0.2, 0.25) is 0 Å². The van der Waals surface area contributed by atoms with Crippen LogP contribution in [0.25, 0.3) is 0 Å². The van der Waals surface area contributed by atoms with Gasteiger partial charge < -0.3 is 11.1 Å². The molecule has 1 rings (SSSR count). The zero-order chi connectivity index (χ0) is 10.3. The van der Waals surface area contributed by atoms with E-state index in [9.17, 15) is 4.79 Å². The van der Waals surface area contributed by atoms with Gasteiger partial charge in [-0.1, -0.05) is 19.9 Å². The Labute approximate surface area is 78.9 Å². The summed E-state index contributed by atoms with van der Waals surface area (Å²) in [5.74, 6) is -0.401. The van der Waals surface area contributed by atoms with Crippen molar-refractivity contribution >= 4 is 11.6 Å². The molecule has 0 aliphatic carbocycles. The molecular formula is C10H16N2O. The topological polar surface area (TPSA) is 55.1 Å². The lowest BCUT2D eigenvalue weighted by molar-refractivity contribution is 0.100. The third-order valence-electron chi connectivity index (χ3n) is 1.44. The van der Waals surface area contributed by atoms with Gasteiger partial charge in [0, 0.05) is 18.3 Å². The number of primary amides is 1. The van der Waals surface area contributed by atoms with Gasteiger partial charge in [0.2, 0.25) is 5.91 Å². The van der Waals surface area contributed by atoms with Crippen molar-refractivity contribution in [2.45, 2.75) is 13.8 Å². The molecule has 0 bridgehead atoms. The van der Waals surface area contributed by atoms with Crippen molar-refractivity contribution in [1.29, 1.82) is 0 Å². The maximum absolute atomic E-state index is 10.7. The van der Waals surface area contributed by atoms with Gasteiger partial charge >= 0.3 is 0 Å². The molecule has 13 heavy (non-hydrogen) atoms. The van der Waals surface area contributed by atoms with E-state index in [0.29, 0.717) is 5.56 Å². The van der Waals surface area contributed by atoms with Crippen molar-refractivity contribution in [3.63, 3.8) is 0 Å². The summed E-state index contributed by atoms with van der Waals surface area (Å²) in [5.41, 5.74) is 6.49. The first-order valence-corrected chi connectivity index (χ1v) is 4.31. The second-order valence-electron chi connectivity index (χ2n) is 2.20. The molecule has 1 amide bonds. The SMILES string of the molecule is CC.CNc1cccc(C(N)=O)c1. The van der Waals surface area contributed by atoms with Crippen LogP contribution in [0.3, 0.4) is 0 Å². The minimum Gasteiger partial charge on any atom is -0.388 e. The van der Waals surface area contributed by atoms with Crippen LogP contribution < -0.4 is 11.1 Å². The zero-order valence-corrected chi connectivity index (χ0v) is 8.29. The van der Waals surface area contributed by atoms with Crippen LogP contribution in [-0.2, 0) is 0 Å². The fraction of sp³-hybridized carbons (Fsp3) is 0.300. The fourth-order valence-electron chi connectivity index (χ4n) is 0.828. The van der Waals surface area contributed by atoms with Crippen molar-refractivity contribution in [2.75, 3.05) is 12.4 Å². The molecular weight excluding hydrogens is 164 g/mol. The lowest BCUT2D eigenvalue weighted by atomic mass is 10.2. The Balaban J connectivity index is 0.000000671. The summed E-state index contributed by atoms with van der Waals surface area (Å²) in [6.07, 6.45) is 0. The Morgan fingerprint density at radius 1 is 1.38 bits per heavy atom. The fourth-order valence-corrected chi connectivity index (χ4v) is 0.828. The molecule has 0 saturated carbocycles. The Hall–Kier alpha value is -1.51. The van der Waals surface area contributed by atoms with Crippen LogP contribution in [0.1, 0.15) is 24.2 Å². The molecule has 0 saturated heterocycles. The van der Waals surface area contributed by atoms with Gasteiger partial charge in [0.1, 0.15) is 0 Å². The predicted molar refractivity (Wildman–Crippen MR) is 55.9 cm³/mol. The molecule has 0 spiro atoms. The van der Waals surface area contributed by atoms with Gasteiger partial charge in [-0.25, -0.2) is 0 Å². The third-order valence-corrected chi connectivity index (χ3v) is 1.44. The zero-order valence-electron chi connectivity index (χ0n) is 8.29. The molecule has 1 aromatic rings. The quantitative estimate of drug-likeness (QED) is 0.729. The van der Waals surface area contributed by atoms with E-state index in [4.69, 9.17) is 5.73 Å². The highest BCUT2D eigenvalue weighted by Crippen LogP contribution is 2.08. The van der Waals surface area contributed by atoms with Crippen LogP contribution >= 0.6 is 0 Å². The van der Waals surface area contributed by atoms with Gasteiger partial charge in [-0.05, 0) is 18.2 Å². The number of rotatable bonds is 2. The Morgan fingerprint density at radius 2 is 2.00 bits per heavy atom. The number of nitrogens with two attached hydrogens (primary N) is 1. The molecule has 72 valence electrons. The number of hydrogen-bond donors (Lipinski definition) is 2. The number of carbonyl (C=O) groups excluding carboxylic acids is 1. The smallest absolute Gasteiger partial charge is 0.248 e. The molecule has 0 aliphatic rings. The number of nitrogens with one attached hydrogen (secondary N) is 1. The van der Waals surface area contributed by atoms with Crippen molar-refractivity contribution in [2.24, 2.45) is 5.73 Å². The summed E-state index contributed by atoms with van der Waals surface area (Å²) in [4.78, 5) is 10.7. The molecule has 3 N–H and O–H groups in total. The van der Waals surface area contributed by atoms with Crippen LogP contribution in [0.15, 0.2) is 24.3 Å². The van der Waals surface area contributed by atoms with Crippen LogP contribution in [0.5, 0.6) is 0 Å². The molecule has 0 aliphatic heterocycles. The monoisotopic (exact) mass is 180 g/mol. The highest BCUT2D eigenvalue weighted by molar-refractivity contribution is 5.93. The van der Waals surface area contributed by atoms with Gasteiger partial charge in [0.25, 0.3) is 0 Å². The van der Waals surface area contributed by atoms with Crippen molar-refractivity contribution in [1.82, 2.24) is 0 Å². The summed E-state index contributed by atoms with van der Waals surface area (Å²) in [7, 11) is 1.79. The van der Waals surface area contributed by atoms with Crippen molar-refractivity contribution in [3.05, 3.63) is 29.8 Å². The lowest BCUT2D eigenvalue weighted by Gasteiger charge is -2.00. The summed E-state index contributed by atoms with van der Waals surface area (Å²) < 4.78 is 0. The molecule has 0 fully saturated rings. The van der Waals surface area contributed by atoms with Crippen LogP contribution in [-0.4, -0.2) is 13.0 Å². The van der Waals surface area contributed by atoms with E-state index in [-0.39, 0.29) is 0 Å². The summed E-state index contributed by atoms with van der Waals surface area (Å²) in [6, 6.07) is 7.05. The molecule has 3 heteroatoms. The Kier molecular flexibility index (Phi) is 5.35. The average molecular weight is 180 g/mol. The second-order valence-corrected chi connectivity index (χ2v) is 2.20. The Morgan fingerprint density at radius 3 is 2.46 bits per heavy atom. The molecule has 1 aromatic carbocycles. The number of anilines is 1. The molecule has 0 unspecified atom stereocenters. The van der Waals surface area contributed by atoms with E-state index >= 15 is 0 Å². The maximum Gasteiger partial charge on any atom is 0.248 e. The molecule has 0 aromatic heterocycles. The first-order chi connectivity index (χ1) is 6.24. The summed E-state index contributed by atoms with van der Waals surface area (Å²) in [6.45, 7) is 4.00. The number of amides is 1. The second kappa shape index (κ2) is 6.06. The van der Waals surface area contributed by atoms with Gasteiger partial charge in [-0.15, -0.1) is 0 Å². The van der Waals surface area contributed by atoms with Crippen molar-refractivity contribution in [3.8, 4) is 0 Å². The first kappa shape index (κ1) is 11.5. The highest BCUT2D eigenvalue weighted by Gasteiger charge is 1.98. The summed E-state index contributed by atoms with van der Waals surface area (Å²) in [5, 5.41) is 2.91. The predicted octanol–water partition coefficient (Wildman–Crippen LogP) is 1.85. The first-order valence-electron chi connectivity index (χ1n) is 4.31. The van der Waals surface area contributed by atoms with Gasteiger partial charge in [-0.2, -0.15) is 0 Å². The number of hydrogen-bond acceptors (Lipinski definition) is 2. The minimum absolute atomic E-state index is 0.401. The van der Waals surface area contributed by atoms with Gasteiger partial charge in [0.15, 0.2) is 0 Å². The average Bonchev–Trinajstić information content (AvgIpc) is 2.21. The largest absolute Gasteiger partial charge is 0.388 e. The number of carbonyl (C=O) groups is 1. The van der Waals surface area contributed by atoms with E-state index in [1.54, 1.807) is 25.2 Å². The maximum atomic E-state index is 10.7. The number of benzene rings is 1. The summed E-state index contributed by atoms with van der Waals surface area (Å²) >= 11 is 0. The lowest BCUT2D eigenvalue weighted by Crippen LogP contribution is -2.10. The molecule has 0 radical (unpaired) electrons. The molecule has 0 atom stereocenters. The van der Waals surface area contributed by atoms with E-state index in [2.05, 4.69) is 5.32 Å². The Bertz CT molecular complexity index is 271. The van der Waals surface area contributed by atoms with Crippen LogP contribution in [0, 0.1) is 0 Å². The highest BCUT2D eigenvalue weighted by atomic mass is 16.1. The standard InChI is InChI=1S/C8H10N2O.C2H6/c1-10-7-4-2-3-6(5-7)8(9)11;1-2/h2-5,10H,1H3,(H2,9,11);1-2H3. The van der Waals surface area contributed by atoms with Gasteiger partial charge in [0.05, 0.1) is 0 Å². The van der Waals surface area contributed by atoms with Crippen LogP contribution in [0.4, 0.5) is 5.69 Å². The van der Waals surface area contributed by atoms with Gasteiger partial charge in [-0.3, -0.25) is 4.79 Å². The van der Waals surface area contributed by atoms with E-state index < -0.39 is 5.91 Å². The van der Waals surface area contributed by atoms with E-state index in [1.807, 2.05) is 19.9 Å². The van der Waals surface area contributed by atoms with Crippen molar-refractivity contribution < 1.29 is 4.79 Å². The van der Waals surface area contributed by atoms with E-state index in [0.717, 1.165) is 5.69 Å². The minimum atomic E-state index is -0.401.